The smallest absolute Gasteiger partial charge is 0.248 e. The number of benzene rings is 1. The summed E-state index contributed by atoms with van der Waals surface area (Å²) in [7, 11) is 2.04. The number of rotatable bonds is 4. The Hall–Kier alpha value is -1.39. The van der Waals surface area contributed by atoms with E-state index in [0.29, 0.717) is 5.56 Å². The average Bonchev–Trinajstić information content (AvgIpc) is 2.42. The molecule has 0 radical (unpaired) electrons. The number of nitrogens with one attached hydrogen (secondary N) is 1. The van der Waals surface area contributed by atoms with Crippen LogP contribution in [0.25, 0.3) is 0 Å². The van der Waals surface area contributed by atoms with E-state index in [1.165, 1.54) is 18.4 Å². The van der Waals surface area contributed by atoms with E-state index in [-0.39, 0.29) is 11.4 Å². The fraction of sp³-hybridized carbons (Fsp3) is 0.533. The van der Waals surface area contributed by atoms with Crippen LogP contribution in [0, 0.1) is 0 Å². The van der Waals surface area contributed by atoms with E-state index in [1.54, 1.807) is 12.1 Å². The molecule has 0 bridgehead atoms. The van der Waals surface area contributed by atoms with Gasteiger partial charge < -0.3 is 11.1 Å². The van der Waals surface area contributed by atoms with E-state index < -0.39 is 0 Å². The van der Waals surface area contributed by atoms with Crippen molar-refractivity contribution in [1.29, 1.82) is 0 Å². The lowest BCUT2D eigenvalue weighted by Crippen LogP contribution is -2.49. The van der Waals surface area contributed by atoms with Crippen LogP contribution in [0.1, 0.15) is 35.7 Å². The summed E-state index contributed by atoms with van der Waals surface area (Å²) in [6.07, 6.45) is 2.34. The molecule has 1 aliphatic heterocycles. The highest BCUT2D eigenvalue weighted by atomic mass is 16.1. The van der Waals surface area contributed by atoms with Crippen molar-refractivity contribution in [3.63, 3.8) is 0 Å². The highest BCUT2D eigenvalue weighted by Gasteiger charge is 2.27. The van der Waals surface area contributed by atoms with Crippen LogP contribution in [-0.4, -0.2) is 36.5 Å². The predicted octanol–water partition coefficient (Wildman–Crippen LogP) is 1.36. The van der Waals surface area contributed by atoms with Gasteiger partial charge in [0.25, 0.3) is 0 Å². The lowest BCUT2D eigenvalue weighted by Gasteiger charge is -2.39. The molecule has 1 aliphatic rings. The van der Waals surface area contributed by atoms with E-state index in [2.05, 4.69) is 17.1 Å². The van der Waals surface area contributed by atoms with Crippen LogP contribution in [0.3, 0.4) is 0 Å². The Morgan fingerprint density at radius 2 is 1.89 bits per heavy atom. The molecule has 0 atom stereocenters. The number of amides is 1. The lowest BCUT2D eigenvalue weighted by atomic mass is 9.90. The minimum absolute atomic E-state index is 0.284. The van der Waals surface area contributed by atoms with Gasteiger partial charge in [-0.3, -0.25) is 9.69 Å². The monoisotopic (exact) mass is 261 g/mol. The quantitative estimate of drug-likeness (QED) is 0.860. The van der Waals surface area contributed by atoms with Crippen LogP contribution < -0.4 is 11.1 Å². The SMILES string of the molecule is CNC1(C)CCN(Cc2ccc(C(N)=O)cc2)CC1. The van der Waals surface area contributed by atoms with Crippen molar-refractivity contribution in [2.24, 2.45) is 5.73 Å². The van der Waals surface area contributed by atoms with Gasteiger partial charge in [-0.05, 0) is 44.5 Å². The molecule has 1 aromatic carbocycles. The Balaban J connectivity index is 1.90. The Kier molecular flexibility index (Phi) is 4.22. The first-order valence-electron chi connectivity index (χ1n) is 6.82. The second-order valence-electron chi connectivity index (χ2n) is 5.65. The number of carbonyl (C=O) groups is 1. The van der Waals surface area contributed by atoms with Gasteiger partial charge in [0.05, 0.1) is 0 Å². The molecule has 1 fully saturated rings. The van der Waals surface area contributed by atoms with Crippen LogP contribution in [0.15, 0.2) is 24.3 Å². The molecule has 1 saturated heterocycles. The molecular weight excluding hydrogens is 238 g/mol. The first-order valence-corrected chi connectivity index (χ1v) is 6.82. The lowest BCUT2D eigenvalue weighted by molar-refractivity contribution is 0.1000. The molecule has 3 N–H and O–H groups in total. The molecular formula is C15H23N3O. The number of nitrogens with zero attached hydrogens (tertiary/aromatic N) is 1. The molecule has 104 valence electrons. The molecule has 0 unspecified atom stereocenters. The maximum absolute atomic E-state index is 11.0. The van der Waals surface area contributed by atoms with Gasteiger partial charge in [0.2, 0.25) is 5.91 Å². The van der Waals surface area contributed by atoms with Gasteiger partial charge in [0.1, 0.15) is 0 Å². The standard InChI is InChI=1S/C15H23N3O/c1-15(17-2)7-9-18(10-8-15)11-12-3-5-13(6-4-12)14(16)19/h3-6,17H,7-11H2,1-2H3,(H2,16,19). The first kappa shape index (κ1) is 14.0. The number of piperidine rings is 1. The summed E-state index contributed by atoms with van der Waals surface area (Å²) in [6.45, 7) is 5.44. The molecule has 0 saturated carbocycles. The van der Waals surface area contributed by atoms with E-state index in [0.717, 1.165) is 19.6 Å². The molecule has 19 heavy (non-hydrogen) atoms. The largest absolute Gasteiger partial charge is 0.366 e. The summed E-state index contributed by atoms with van der Waals surface area (Å²) in [5.41, 5.74) is 7.33. The molecule has 0 aliphatic carbocycles. The Morgan fingerprint density at radius 3 is 2.37 bits per heavy atom. The van der Waals surface area contributed by atoms with Crippen LogP contribution in [0.4, 0.5) is 0 Å². The van der Waals surface area contributed by atoms with Gasteiger partial charge in [0, 0.05) is 30.7 Å². The summed E-state index contributed by atoms with van der Waals surface area (Å²) in [6, 6.07) is 7.59. The summed E-state index contributed by atoms with van der Waals surface area (Å²) >= 11 is 0. The Bertz CT molecular complexity index is 433. The number of hydrogen-bond donors (Lipinski definition) is 2. The van der Waals surface area contributed by atoms with Crippen molar-refractivity contribution in [1.82, 2.24) is 10.2 Å². The van der Waals surface area contributed by atoms with Gasteiger partial charge in [-0.2, -0.15) is 0 Å². The number of primary amides is 1. The van der Waals surface area contributed by atoms with Crippen molar-refractivity contribution in [2.75, 3.05) is 20.1 Å². The topological polar surface area (TPSA) is 58.4 Å². The first-order chi connectivity index (χ1) is 9.02. The fourth-order valence-corrected chi connectivity index (χ4v) is 2.49. The fourth-order valence-electron chi connectivity index (χ4n) is 2.49. The molecule has 1 aromatic rings. The van der Waals surface area contributed by atoms with E-state index in [9.17, 15) is 4.79 Å². The van der Waals surface area contributed by atoms with Gasteiger partial charge in [-0.1, -0.05) is 12.1 Å². The number of hydrogen-bond acceptors (Lipinski definition) is 3. The minimum Gasteiger partial charge on any atom is -0.366 e. The third-order valence-electron chi connectivity index (χ3n) is 4.21. The van der Waals surface area contributed by atoms with Crippen LogP contribution >= 0.6 is 0 Å². The number of nitrogens with two attached hydrogens (primary N) is 1. The van der Waals surface area contributed by atoms with Crippen molar-refractivity contribution in [2.45, 2.75) is 31.8 Å². The predicted molar refractivity (Wildman–Crippen MR) is 76.9 cm³/mol. The van der Waals surface area contributed by atoms with E-state index >= 15 is 0 Å². The molecule has 4 heteroatoms. The minimum atomic E-state index is -0.366. The third kappa shape index (κ3) is 3.55. The van der Waals surface area contributed by atoms with Crippen LogP contribution in [-0.2, 0) is 6.54 Å². The highest BCUT2D eigenvalue weighted by Crippen LogP contribution is 2.22. The third-order valence-corrected chi connectivity index (χ3v) is 4.21. The zero-order valence-corrected chi connectivity index (χ0v) is 11.8. The maximum Gasteiger partial charge on any atom is 0.248 e. The number of carbonyl (C=O) groups excluding carboxylic acids is 1. The highest BCUT2D eigenvalue weighted by molar-refractivity contribution is 5.92. The van der Waals surface area contributed by atoms with Crippen molar-refractivity contribution in [3.8, 4) is 0 Å². The molecule has 0 spiro atoms. The molecule has 2 rings (SSSR count). The van der Waals surface area contributed by atoms with Gasteiger partial charge in [-0.25, -0.2) is 0 Å². The number of likely N-dealkylation sites (tertiary alicyclic amines) is 1. The molecule has 1 heterocycles. The van der Waals surface area contributed by atoms with Gasteiger partial charge in [0.15, 0.2) is 0 Å². The normalized spacial score (nSPS) is 19.3. The molecule has 4 nitrogen and oxygen atoms in total. The average molecular weight is 261 g/mol. The zero-order chi connectivity index (χ0) is 13.9. The Morgan fingerprint density at radius 1 is 1.32 bits per heavy atom. The molecule has 0 aromatic heterocycles. The summed E-state index contributed by atoms with van der Waals surface area (Å²) in [5.74, 6) is -0.366. The second kappa shape index (κ2) is 5.72. The zero-order valence-electron chi connectivity index (χ0n) is 11.8. The summed E-state index contributed by atoms with van der Waals surface area (Å²) in [4.78, 5) is 13.5. The van der Waals surface area contributed by atoms with Gasteiger partial charge >= 0.3 is 0 Å². The van der Waals surface area contributed by atoms with Crippen molar-refractivity contribution >= 4 is 5.91 Å². The van der Waals surface area contributed by atoms with E-state index in [1.807, 2.05) is 19.2 Å². The van der Waals surface area contributed by atoms with Crippen LogP contribution in [0.5, 0.6) is 0 Å². The summed E-state index contributed by atoms with van der Waals surface area (Å²) < 4.78 is 0. The maximum atomic E-state index is 11.0. The second-order valence-corrected chi connectivity index (χ2v) is 5.65. The van der Waals surface area contributed by atoms with E-state index in [4.69, 9.17) is 5.73 Å². The van der Waals surface area contributed by atoms with Crippen molar-refractivity contribution < 1.29 is 4.79 Å². The summed E-state index contributed by atoms with van der Waals surface area (Å²) in [5, 5.41) is 3.41. The van der Waals surface area contributed by atoms with Crippen LogP contribution in [0.2, 0.25) is 0 Å². The van der Waals surface area contributed by atoms with Crippen molar-refractivity contribution in [3.05, 3.63) is 35.4 Å². The Labute approximate surface area is 115 Å². The van der Waals surface area contributed by atoms with Gasteiger partial charge in [-0.15, -0.1) is 0 Å². The molecule has 1 amide bonds.